The van der Waals surface area contributed by atoms with Crippen LogP contribution in [0.4, 0.5) is 0 Å². The first-order valence-corrected chi connectivity index (χ1v) is 6.72. The van der Waals surface area contributed by atoms with Crippen LogP contribution in [0.2, 0.25) is 5.02 Å². The highest BCUT2D eigenvalue weighted by atomic mass is 35.5. The SMILES string of the molecule is Cc1csc(C(Cc2ccccc2Cl)C(=O)O)n1. The van der Waals surface area contributed by atoms with E-state index in [9.17, 15) is 9.90 Å². The Labute approximate surface area is 114 Å². The quantitative estimate of drug-likeness (QED) is 0.933. The molecule has 0 amide bonds. The molecule has 94 valence electrons. The van der Waals surface area contributed by atoms with E-state index in [-0.39, 0.29) is 0 Å². The second kappa shape index (κ2) is 5.50. The van der Waals surface area contributed by atoms with E-state index in [0.717, 1.165) is 11.3 Å². The summed E-state index contributed by atoms with van der Waals surface area (Å²) >= 11 is 7.43. The molecular formula is C13H12ClNO2S. The number of aryl methyl sites for hydroxylation is 1. The summed E-state index contributed by atoms with van der Waals surface area (Å²) in [4.78, 5) is 15.6. The molecule has 18 heavy (non-hydrogen) atoms. The maximum Gasteiger partial charge on any atom is 0.313 e. The maximum atomic E-state index is 11.3. The lowest BCUT2D eigenvalue weighted by atomic mass is 10.00. The van der Waals surface area contributed by atoms with Crippen molar-refractivity contribution in [3.8, 4) is 0 Å². The topological polar surface area (TPSA) is 50.2 Å². The van der Waals surface area contributed by atoms with Gasteiger partial charge in [0.2, 0.25) is 0 Å². The number of nitrogens with zero attached hydrogens (tertiary/aromatic N) is 1. The molecule has 0 radical (unpaired) electrons. The van der Waals surface area contributed by atoms with Gasteiger partial charge in [-0.2, -0.15) is 0 Å². The van der Waals surface area contributed by atoms with Gasteiger partial charge in [-0.25, -0.2) is 4.98 Å². The molecule has 1 aromatic heterocycles. The van der Waals surface area contributed by atoms with E-state index in [1.807, 2.05) is 30.5 Å². The van der Waals surface area contributed by atoms with E-state index < -0.39 is 11.9 Å². The van der Waals surface area contributed by atoms with Crippen LogP contribution in [-0.4, -0.2) is 16.1 Å². The molecule has 1 heterocycles. The Balaban J connectivity index is 2.28. The molecule has 0 aliphatic rings. The van der Waals surface area contributed by atoms with E-state index in [1.165, 1.54) is 11.3 Å². The number of hydrogen-bond donors (Lipinski definition) is 1. The second-order valence-electron chi connectivity index (χ2n) is 4.01. The van der Waals surface area contributed by atoms with Gasteiger partial charge in [0.15, 0.2) is 0 Å². The lowest BCUT2D eigenvalue weighted by Crippen LogP contribution is -2.14. The molecule has 2 aromatic rings. The monoisotopic (exact) mass is 281 g/mol. The zero-order valence-electron chi connectivity index (χ0n) is 9.76. The van der Waals surface area contributed by atoms with Crippen molar-refractivity contribution in [3.63, 3.8) is 0 Å². The summed E-state index contributed by atoms with van der Waals surface area (Å²) in [6.07, 6.45) is 0.363. The van der Waals surface area contributed by atoms with Gasteiger partial charge >= 0.3 is 5.97 Å². The molecule has 5 heteroatoms. The highest BCUT2D eigenvalue weighted by Gasteiger charge is 2.24. The molecule has 3 nitrogen and oxygen atoms in total. The highest BCUT2D eigenvalue weighted by Crippen LogP contribution is 2.27. The van der Waals surface area contributed by atoms with Gasteiger partial charge in [-0.15, -0.1) is 11.3 Å². The highest BCUT2D eigenvalue weighted by molar-refractivity contribution is 7.09. The molecule has 0 aliphatic heterocycles. The Kier molecular flexibility index (Phi) is 3.99. The molecule has 1 aromatic carbocycles. The first kappa shape index (κ1) is 13.1. The van der Waals surface area contributed by atoms with E-state index in [4.69, 9.17) is 11.6 Å². The van der Waals surface area contributed by atoms with Gasteiger partial charge in [-0.1, -0.05) is 29.8 Å². The third-order valence-electron chi connectivity index (χ3n) is 2.61. The molecule has 1 unspecified atom stereocenters. The summed E-state index contributed by atoms with van der Waals surface area (Å²) in [6, 6.07) is 7.30. The average Bonchev–Trinajstić information content (AvgIpc) is 2.74. The van der Waals surface area contributed by atoms with Crippen LogP contribution in [0.1, 0.15) is 22.2 Å². The molecule has 0 saturated heterocycles. The first-order valence-electron chi connectivity index (χ1n) is 5.46. The number of carboxylic acids is 1. The second-order valence-corrected chi connectivity index (χ2v) is 5.31. The lowest BCUT2D eigenvalue weighted by Gasteiger charge is -2.10. The molecule has 0 aliphatic carbocycles. The van der Waals surface area contributed by atoms with Crippen molar-refractivity contribution in [2.45, 2.75) is 19.3 Å². The number of carbonyl (C=O) groups is 1. The summed E-state index contributed by atoms with van der Waals surface area (Å²) < 4.78 is 0. The van der Waals surface area contributed by atoms with Crippen molar-refractivity contribution in [1.29, 1.82) is 0 Å². The zero-order chi connectivity index (χ0) is 13.1. The number of halogens is 1. The van der Waals surface area contributed by atoms with Gasteiger partial charge in [0, 0.05) is 16.1 Å². The van der Waals surface area contributed by atoms with Gasteiger partial charge in [-0.3, -0.25) is 4.79 Å². The number of aromatic nitrogens is 1. The van der Waals surface area contributed by atoms with Crippen LogP contribution in [-0.2, 0) is 11.2 Å². The minimum absolute atomic E-state index is 0.363. The Morgan fingerprint density at radius 2 is 2.22 bits per heavy atom. The Morgan fingerprint density at radius 3 is 2.78 bits per heavy atom. The fourth-order valence-corrected chi connectivity index (χ4v) is 2.80. The van der Waals surface area contributed by atoms with Crippen molar-refractivity contribution in [1.82, 2.24) is 4.98 Å². The number of hydrogen-bond acceptors (Lipinski definition) is 3. The number of rotatable bonds is 4. The maximum absolute atomic E-state index is 11.3. The van der Waals surface area contributed by atoms with E-state index in [2.05, 4.69) is 4.98 Å². The van der Waals surface area contributed by atoms with Crippen LogP contribution in [0.3, 0.4) is 0 Å². The smallest absolute Gasteiger partial charge is 0.313 e. The van der Waals surface area contributed by atoms with E-state index >= 15 is 0 Å². The summed E-state index contributed by atoms with van der Waals surface area (Å²) in [7, 11) is 0. The van der Waals surface area contributed by atoms with Crippen LogP contribution in [0.25, 0.3) is 0 Å². The summed E-state index contributed by atoms with van der Waals surface area (Å²) in [6.45, 7) is 1.86. The van der Waals surface area contributed by atoms with Crippen LogP contribution in [0.5, 0.6) is 0 Å². The number of thiazole rings is 1. The van der Waals surface area contributed by atoms with Crippen LogP contribution < -0.4 is 0 Å². The normalized spacial score (nSPS) is 12.3. The van der Waals surface area contributed by atoms with Crippen molar-refractivity contribution >= 4 is 28.9 Å². The third-order valence-corrected chi connectivity index (χ3v) is 4.06. The van der Waals surface area contributed by atoms with Gasteiger partial charge < -0.3 is 5.11 Å². The molecular weight excluding hydrogens is 270 g/mol. The molecule has 0 saturated carbocycles. The van der Waals surface area contributed by atoms with Crippen molar-refractivity contribution < 1.29 is 9.90 Å². The molecule has 0 spiro atoms. The Bertz CT molecular complexity index is 568. The van der Waals surface area contributed by atoms with Crippen LogP contribution in [0, 0.1) is 6.92 Å². The molecule has 1 atom stereocenters. The minimum atomic E-state index is -0.871. The third kappa shape index (κ3) is 2.89. The van der Waals surface area contributed by atoms with Gasteiger partial charge in [-0.05, 0) is 25.0 Å². The summed E-state index contributed by atoms with van der Waals surface area (Å²) in [5.41, 5.74) is 1.68. The van der Waals surface area contributed by atoms with Gasteiger partial charge in [0.25, 0.3) is 0 Å². The van der Waals surface area contributed by atoms with Crippen molar-refractivity contribution in [2.24, 2.45) is 0 Å². The summed E-state index contributed by atoms with van der Waals surface area (Å²) in [5.74, 6) is -1.51. The van der Waals surface area contributed by atoms with Crippen LogP contribution >= 0.6 is 22.9 Å². The van der Waals surface area contributed by atoms with Crippen LogP contribution in [0.15, 0.2) is 29.6 Å². The number of carboxylic acid groups (broad SMARTS) is 1. The first-order chi connectivity index (χ1) is 8.58. The zero-order valence-corrected chi connectivity index (χ0v) is 11.3. The average molecular weight is 282 g/mol. The van der Waals surface area contributed by atoms with Gasteiger partial charge in [0.05, 0.1) is 0 Å². The summed E-state index contributed by atoms with van der Waals surface area (Å²) in [5, 5.41) is 12.4. The minimum Gasteiger partial charge on any atom is -0.481 e. The molecule has 0 bridgehead atoms. The van der Waals surface area contributed by atoms with E-state index in [0.29, 0.717) is 16.5 Å². The molecule has 2 rings (SSSR count). The Hall–Kier alpha value is -1.39. The fraction of sp³-hybridized carbons (Fsp3) is 0.231. The number of aliphatic carboxylic acids is 1. The van der Waals surface area contributed by atoms with Gasteiger partial charge in [0.1, 0.15) is 10.9 Å². The molecule has 0 fully saturated rings. The molecule has 1 N–H and O–H groups in total. The van der Waals surface area contributed by atoms with E-state index in [1.54, 1.807) is 6.07 Å². The predicted molar refractivity (Wildman–Crippen MR) is 72.4 cm³/mol. The van der Waals surface area contributed by atoms with Crippen molar-refractivity contribution in [2.75, 3.05) is 0 Å². The number of benzene rings is 1. The fourth-order valence-electron chi connectivity index (χ4n) is 1.70. The lowest BCUT2D eigenvalue weighted by molar-refractivity contribution is -0.138. The Morgan fingerprint density at radius 1 is 1.50 bits per heavy atom. The standard InChI is InChI=1S/C13H12ClNO2S/c1-8-7-18-12(15-8)10(13(16)17)6-9-4-2-3-5-11(9)14/h2-5,7,10H,6H2,1H3,(H,16,17). The predicted octanol–water partition coefficient (Wildman–Crippen LogP) is 3.52. The van der Waals surface area contributed by atoms with Crippen molar-refractivity contribution in [3.05, 3.63) is 50.9 Å². The largest absolute Gasteiger partial charge is 0.481 e.